The largest absolute Gasteiger partial charge is 0.384 e. The smallest absolute Gasteiger partial charge is 0.124 e. The van der Waals surface area contributed by atoms with E-state index in [2.05, 4.69) is 31.9 Å². The quantitative estimate of drug-likeness (QED) is 0.646. The van der Waals surface area contributed by atoms with Crippen molar-refractivity contribution in [3.63, 3.8) is 0 Å². The minimum Gasteiger partial charge on any atom is -0.384 e. The first kappa shape index (κ1) is 13.9. The molecule has 0 bridgehead atoms. The van der Waals surface area contributed by atoms with Crippen LogP contribution in [0.1, 0.15) is 43.7 Å². The highest BCUT2D eigenvalue weighted by molar-refractivity contribution is 6.00. The Kier molecular flexibility index (Phi) is 4.13. The Bertz CT molecular complexity index is 467. The number of hydrogen-bond acceptors (Lipinski definition) is 2. The van der Waals surface area contributed by atoms with Crippen molar-refractivity contribution in [1.29, 1.82) is 5.41 Å². The third-order valence-electron chi connectivity index (χ3n) is 4.39. The Hall–Kier alpha value is -1.51. The molecule has 1 fully saturated rings. The molecule has 1 saturated carbocycles. The van der Waals surface area contributed by atoms with Crippen molar-refractivity contribution in [2.75, 3.05) is 11.9 Å². The number of benzene rings is 1. The number of anilines is 1. The number of aryl methyl sites for hydroxylation is 1. The standard InChI is InChI=1S/C16H25N3/c1-11-8-9-13(16(17)18)15(10-11)19(3)14-7-5-4-6-12(14)2/h8-10,12,14H,4-7H2,1-3H3,(H3,17,18). The van der Waals surface area contributed by atoms with Gasteiger partial charge in [0, 0.05) is 24.3 Å². The first-order chi connectivity index (χ1) is 9.00. The molecule has 0 amide bonds. The van der Waals surface area contributed by atoms with E-state index in [0.29, 0.717) is 12.0 Å². The molecule has 1 aromatic carbocycles. The third-order valence-corrected chi connectivity index (χ3v) is 4.39. The normalized spacial score (nSPS) is 23.1. The summed E-state index contributed by atoms with van der Waals surface area (Å²) in [6.07, 6.45) is 5.19. The minimum atomic E-state index is 0.158. The van der Waals surface area contributed by atoms with E-state index >= 15 is 0 Å². The summed E-state index contributed by atoms with van der Waals surface area (Å²) in [4.78, 5) is 2.34. The molecule has 104 valence electrons. The first-order valence-electron chi connectivity index (χ1n) is 7.18. The van der Waals surface area contributed by atoms with Crippen LogP contribution in [-0.4, -0.2) is 18.9 Å². The lowest BCUT2D eigenvalue weighted by molar-refractivity contribution is 0.321. The van der Waals surface area contributed by atoms with Gasteiger partial charge in [-0.25, -0.2) is 0 Å². The molecular formula is C16H25N3. The van der Waals surface area contributed by atoms with Gasteiger partial charge in [0.05, 0.1) is 0 Å². The molecule has 1 aliphatic rings. The molecule has 0 saturated heterocycles. The van der Waals surface area contributed by atoms with E-state index in [1.807, 2.05) is 12.1 Å². The van der Waals surface area contributed by atoms with Crippen molar-refractivity contribution >= 4 is 11.5 Å². The highest BCUT2D eigenvalue weighted by Crippen LogP contribution is 2.32. The second-order valence-corrected chi connectivity index (χ2v) is 5.87. The Labute approximate surface area is 116 Å². The zero-order chi connectivity index (χ0) is 14.0. The zero-order valence-electron chi connectivity index (χ0n) is 12.2. The molecule has 1 aliphatic carbocycles. The Morgan fingerprint density at radius 2 is 2.00 bits per heavy atom. The van der Waals surface area contributed by atoms with Crippen molar-refractivity contribution < 1.29 is 0 Å². The molecular weight excluding hydrogens is 234 g/mol. The number of nitrogen functional groups attached to an aromatic ring is 1. The number of rotatable bonds is 3. The van der Waals surface area contributed by atoms with Crippen molar-refractivity contribution in [1.82, 2.24) is 0 Å². The maximum absolute atomic E-state index is 7.76. The van der Waals surface area contributed by atoms with E-state index < -0.39 is 0 Å². The molecule has 19 heavy (non-hydrogen) atoms. The van der Waals surface area contributed by atoms with E-state index in [0.717, 1.165) is 11.3 Å². The molecule has 0 heterocycles. The number of nitrogens with two attached hydrogens (primary N) is 1. The van der Waals surface area contributed by atoms with Gasteiger partial charge < -0.3 is 10.6 Å². The zero-order valence-corrected chi connectivity index (χ0v) is 12.2. The number of amidine groups is 1. The van der Waals surface area contributed by atoms with E-state index in [1.54, 1.807) is 0 Å². The minimum absolute atomic E-state index is 0.158. The van der Waals surface area contributed by atoms with Crippen molar-refractivity contribution in [2.45, 2.75) is 45.6 Å². The third kappa shape index (κ3) is 2.91. The number of nitrogens with zero attached hydrogens (tertiary/aromatic N) is 1. The van der Waals surface area contributed by atoms with Crippen LogP contribution in [0, 0.1) is 18.3 Å². The molecule has 3 N–H and O–H groups in total. The fourth-order valence-electron chi connectivity index (χ4n) is 3.21. The highest BCUT2D eigenvalue weighted by Gasteiger charge is 2.26. The molecule has 0 aromatic heterocycles. The Morgan fingerprint density at radius 1 is 1.32 bits per heavy atom. The van der Waals surface area contributed by atoms with E-state index in [4.69, 9.17) is 11.1 Å². The highest BCUT2D eigenvalue weighted by atomic mass is 15.1. The summed E-state index contributed by atoms with van der Waals surface area (Å²) >= 11 is 0. The first-order valence-corrected chi connectivity index (χ1v) is 7.18. The van der Waals surface area contributed by atoms with Crippen LogP contribution in [0.3, 0.4) is 0 Å². The SMILES string of the molecule is Cc1ccc(C(=N)N)c(N(C)C2CCCCC2C)c1. The molecule has 1 aromatic rings. The van der Waals surface area contributed by atoms with Crippen LogP contribution in [0.5, 0.6) is 0 Å². The summed E-state index contributed by atoms with van der Waals surface area (Å²) in [6, 6.07) is 6.71. The summed E-state index contributed by atoms with van der Waals surface area (Å²) in [6.45, 7) is 4.43. The van der Waals surface area contributed by atoms with Crippen LogP contribution in [-0.2, 0) is 0 Å². The van der Waals surface area contributed by atoms with Gasteiger partial charge in [0.25, 0.3) is 0 Å². The lowest BCUT2D eigenvalue weighted by Gasteiger charge is -2.38. The molecule has 3 heteroatoms. The predicted octanol–water partition coefficient (Wildman–Crippen LogP) is 3.29. The summed E-state index contributed by atoms with van der Waals surface area (Å²) in [5.41, 5.74) is 8.90. The summed E-state index contributed by atoms with van der Waals surface area (Å²) in [7, 11) is 2.15. The van der Waals surface area contributed by atoms with E-state index in [-0.39, 0.29) is 5.84 Å². The average Bonchev–Trinajstić information content (AvgIpc) is 2.38. The maximum atomic E-state index is 7.76. The van der Waals surface area contributed by atoms with Crippen molar-refractivity contribution in [2.24, 2.45) is 11.7 Å². The average molecular weight is 259 g/mol. The van der Waals surface area contributed by atoms with Gasteiger partial charge in [-0.1, -0.05) is 25.8 Å². The topological polar surface area (TPSA) is 53.1 Å². The van der Waals surface area contributed by atoms with E-state index in [1.165, 1.54) is 31.2 Å². The van der Waals surface area contributed by atoms with Crippen LogP contribution >= 0.6 is 0 Å². The van der Waals surface area contributed by atoms with Gasteiger partial charge in [-0.15, -0.1) is 0 Å². The molecule has 0 radical (unpaired) electrons. The van der Waals surface area contributed by atoms with Crippen LogP contribution in [0.25, 0.3) is 0 Å². The monoisotopic (exact) mass is 259 g/mol. The fourth-order valence-corrected chi connectivity index (χ4v) is 3.21. The second-order valence-electron chi connectivity index (χ2n) is 5.87. The summed E-state index contributed by atoms with van der Waals surface area (Å²) < 4.78 is 0. The van der Waals surface area contributed by atoms with Gasteiger partial charge in [-0.2, -0.15) is 0 Å². The number of nitrogens with one attached hydrogen (secondary N) is 1. The maximum Gasteiger partial charge on any atom is 0.124 e. The summed E-state index contributed by atoms with van der Waals surface area (Å²) in [5.74, 6) is 0.865. The van der Waals surface area contributed by atoms with Gasteiger partial charge in [-0.05, 0) is 43.4 Å². The van der Waals surface area contributed by atoms with Gasteiger partial charge in [0.15, 0.2) is 0 Å². The van der Waals surface area contributed by atoms with Crippen molar-refractivity contribution in [3.8, 4) is 0 Å². The van der Waals surface area contributed by atoms with Gasteiger partial charge in [0.1, 0.15) is 5.84 Å². The van der Waals surface area contributed by atoms with Gasteiger partial charge in [-0.3, -0.25) is 5.41 Å². The van der Waals surface area contributed by atoms with Crippen LogP contribution in [0.2, 0.25) is 0 Å². The fraction of sp³-hybridized carbons (Fsp3) is 0.562. The molecule has 2 unspecified atom stereocenters. The van der Waals surface area contributed by atoms with Crippen LogP contribution in [0.4, 0.5) is 5.69 Å². The Balaban J connectivity index is 2.34. The molecule has 2 rings (SSSR count). The van der Waals surface area contributed by atoms with Gasteiger partial charge >= 0.3 is 0 Å². The van der Waals surface area contributed by atoms with Crippen LogP contribution < -0.4 is 10.6 Å². The molecule has 0 aliphatic heterocycles. The molecule has 3 nitrogen and oxygen atoms in total. The number of hydrogen-bond donors (Lipinski definition) is 2. The van der Waals surface area contributed by atoms with Crippen molar-refractivity contribution in [3.05, 3.63) is 29.3 Å². The van der Waals surface area contributed by atoms with Gasteiger partial charge in [0.2, 0.25) is 0 Å². The predicted molar refractivity (Wildman–Crippen MR) is 82.0 cm³/mol. The Morgan fingerprint density at radius 3 is 2.63 bits per heavy atom. The summed E-state index contributed by atoms with van der Waals surface area (Å²) in [5, 5.41) is 7.76. The van der Waals surface area contributed by atoms with E-state index in [9.17, 15) is 0 Å². The second kappa shape index (κ2) is 5.64. The molecule has 2 atom stereocenters. The molecule has 0 spiro atoms. The van der Waals surface area contributed by atoms with Crippen LogP contribution in [0.15, 0.2) is 18.2 Å². The lowest BCUT2D eigenvalue weighted by atomic mass is 9.84. The lowest BCUT2D eigenvalue weighted by Crippen LogP contribution is -2.40.